The van der Waals surface area contributed by atoms with Crippen LogP contribution in [0.2, 0.25) is 0 Å². The number of aliphatic hydroxyl groups excluding tert-OH is 1. The van der Waals surface area contributed by atoms with Crippen molar-refractivity contribution in [2.45, 2.75) is 12.5 Å². The van der Waals surface area contributed by atoms with Crippen molar-refractivity contribution in [3.63, 3.8) is 0 Å². The molecule has 1 aliphatic rings. The lowest BCUT2D eigenvalue weighted by atomic mass is 10.1. The molecule has 0 radical (unpaired) electrons. The summed E-state index contributed by atoms with van der Waals surface area (Å²) >= 11 is 0. The third-order valence-electron chi connectivity index (χ3n) is 4.20. The van der Waals surface area contributed by atoms with Gasteiger partial charge in [0.25, 0.3) is 11.8 Å². The van der Waals surface area contributed by atoms with Crippen LogP contribution in [0.25, 0.3) is 0 Å². The maximum atomic E-state index is 13.0. The van der Waals surface area contributed by atoms with E-state index in [1.54, 1.807) is 0 Å². The molecule has 7 nitrogen and oxygen atoms in total. The second-order valence-corrected chi connectivity index (χ2v) is 6.04. The normalized spacial score (nSPS) is 13.8. The molecule has 0 spiro atoms. The summed E-state index contributed by atoms with van der Waals surface area (Å²) in [6.07, 6.45) is 0.584. The maximum absolute atomic E-state index is 13.0. The van der Waals surface area contributed by atoms with Crippen molar-refractivity contribution in [1.29, 1.82) is 0 Å². The Hall–Kier alpha value is -3.39. The minimum atomic E-state index is -0.881. The van der Waals surface area contributed by atoms with Crippen LogP contribution in [-0.2, 0) is 6.42 Å². The second kappa shape index (κ2) is 7.08. The Labute approximate surface area is 153 Å². The molecule has 1 amide bonds. The number of aliphatic imine (C=N–C) groups is 1. The number of rotatable bonds is 5. The molecule has 27 heavy (non-hydrogen) atoms. The summed E-state index contributed by atoms with van der Waals surface area (Å²) in [7, 11) is 0. The fourth-order valence-electron chi connectivity index (χ4n) is 2.79. The molecule has 136 valence electrons. The van der Waals surface area contributed by atoms with Gasteiger partial charge in [0.05, 0.1) is 18.0 Å². The molecule has 0 saturated heterocycles. The van der Waals surface area contributed by atoms with Crippen molar-refractivity contribution in [1.82, 2.24) is 15.5 Å². The van der Waals surface area contributed by atoms with Gasteiger partial charge < -0.3 is 14.9 Å². The molecule has 1 aromatic heterocycles. The smallest absolute Gasteiger partial charge is 0.251 e. The van der Waals surface area contributed by atoms with E-state index in [1.165, 1.54) is 24.3 Å². The lowest BCUT2D eigenvalue weighted by Gasteiger charge is -2.12. The number of halogens is 1. The predicted octanol–water partition coefficient (Wildman–Crippen LogP) is 2.35. The van der Waals surface area contributed by atoms with Gasteiger partial charge in [0.15, 0.2) is 0 Å². The van der Waals surface area contributed by atoms with Crippen molar-refractivity contribution < 1.29 is 18.8 Å². The number of carbonyl (C=O) groups excluding carboxylic acids is 1. The minimum Gasteiger partial charge on any atom is -0.394 e. The zero-order chi connectivity index (χ0) is 18.8. The standard InChI is InChI=1S/C19H15FN4O3/c20-13-7-5-11(6-8-13)18(26)22-16(10-25)19-23-17(24-27-19)15-9-12-3-1-2-4-14(12)21-15/h1-8,16,25H,9-10H2,(H,22,26)/t16-/m0/s1. The highest BCUT2D eigenvalue weighted by molar-refractivity contribution is 6.03. The highest BCUT2D eigenvalue weighted by Crippen LogP contribution is 2.27. The monoisotopic (exact) mass is 366 g/mol. The summed E-state index contributed by atoms with van der Waals surface area (Å²) in [6.45, 7) is -0.429. The zero-order valence-corrected chi connectivity index (χ0v) is 14.1. The lowest BCUT2D eigenvalue weighted by Crippen LogP contribution is -2.31. The van der Waals surface area contributed by atoms with Crippen molar-refractivity contribution >= 4 is 17.3 Å². The summed E-state index contributed by atoms with van der Waals surface area (Å²) in [5.41, 5.74) is 2.85. The number of aliphatic hydroxyl groups is 1. The molecule has 2 N–H and O–H groups in total. The highest BCUT2D eigenvalue weighted by atomic mass is 19.1. The second-order valence-electron chi connectivity index (χ2n) is 6.04. The van der Waals surface area contributed by atoms with Crippen molar-refractivity contribution in [3.05, 3.63) is 77.2 Å². The Bertz CT molecular complexity index is 1010. The molecular formula is C19H15FN4O3. The van der Waals surface area contributed by atoms with E-state index < -0.39 is 24.4 Å². The molecule has 0 aliphatic carbocycles. The highest BCUT2D eigenvalue weighted by Gasteiger charge is 2.25. The van der Waals surface area contributed by atoms with Gasteiger partial charge in [0.2, 0.25) is 5.82 Å². The average molecular weight is 366 g/mol. The molecule has 0 bridgehead atoms. The summed E-state index contributed by atoms with van der Waals surface area (Å²) in [5.74, 6) is -0.540. The fraction of sp³-hybridized carbons (Fsp3) is 0.158. The van der Waals surface area contributed by atoms with Gasteiger partial charge in [0, 0.05) is 12.0 Å². The van der Waals surface area contributed by atoms with Gasteiger partial charge in [0.1, 0.15) is 11.9 Å². The molecule has 4 rings (SSSR count). The third kappa shape index (κ3) is 3.47. The van der Waals surface area contributed by atoms with Gasteiger partial charge in [-0.25, -0.2) is 9.38 Å². The molecule has 2 heterocycles. The first-order valence-corrected chi connectivity index (χ1v) is 8.31. The Morgan fingerprint density at radius 1 is 1.22 bits per heavy atom. The SMILES string of the molecule is O=C(N[C@@H](CO)c1nc(C2=Nc3ccccc3C2)no1)c1ccc(F)cc1. The van der Waals surface area contributed by atoms with Crippen LogP contribution in [-0.4, -0.2) is 33.5 Å². The quantitative estimate of drug-likeness (QED) is 0.722. The average Bonchev–Trinajstić information content (AvgIpc) is 3.33. The van der Waals surface area contributed by atoms with Crippen LogP contribution in [0.3, 0.4) is 0 Å². The van der Waals surface area contributed by atoms with Gasteiger partial charge in [-0.2, -0.15) is 4.98 Å². The number of carbonyl (C=O) groups is 1. The number of benzene rings is 2. The number of hydrogen-bond acceptors (Lipinski definition) is 6. The number of para-hydroxylation sites is 1. The molecule has 1 aliphatic heterocycles. The summed E-state index contributed by atoms with van der Waals surface area (Å²) in [4.78, 5) is 21.0. The van der Waals surface area contributed by atoms with E-state index in [-0.39, 0.29) is 11.5 Å². The fourth-order valence-corrected chi connectivity index (χ4v) is 2.79. The van der Waals surface area contributed by atoms with Crippen LogP contribution in [0.1, 0.15) is 33.7 Å². The molecule has 3 aromatic rings. The van der Waals surface area contributed by atoms with Crippen LogP contribution in [0, 0.1) is 5.82 Å². The van der Waals surface area contributed by atoms with Gasteiger partial charge >= 0.3 is 0 Å². The van der Waals surface area contributed by atoms with Crippen LogP contribution in [0.4, 0.5) is 10.1 Å². The Balaban J connectivity index is 1.50. The van der Waals surface area contributed by atoms with Crippen LogP contribution in [0.15, 0.2) is 58.0 Å². The van der Waals surface area contributed by atoms with Crippen LogP contribution >= 0.6 is 0 Å². The lowest BCUT2D eigenvalue weighted by molar-refractivity contribution is 0.0901. The predicted molar refractivity (Wildman–Crippen MR) is 94.3 cm³/mol. The molecule has 1 atom stereocenters. The first-order valence-electron chi connectivity index (χ1n) is 8.31. The van der Waals surface area contributed by atoms with Gasteiger partial charge in [-0.15, -0.1) is 0 Å². The number of aromatic nitrogens is 2. The van der Waals surface area contributed by atoms with Gasteiger partial charge in [-0.3, -0.25) is 4.79 Å². The van der Waals surface area contributed by atoms with Crippen LogP contribution in [0.5, 0.6) is 0 Å². The number of nitrogens with one attached hydrogen (secondary N) is 1. The van der Waals surface area contributed by atoms with Crippen molar-refractivity contribution in [2.75, 3.05) is 6.61 Å². The molecule has 0 fully saturated rings. The summed E-state index contributed by atoms with van der Waals surface area (Å²) in [5, 5.41) is 16.1. The molecule has 0 saturated carbocycles. The largest absolute Gasteiger partial charge is 0.394 e. The number of amides is 1. The number of nitrogens with zero attached hydrogens (tertiary/aromatic N) is 3. The number of hydrogen-bond donors (Lipinski definition) is 2. The Morgan fingerprint density at radius 2 is 2.00 bits per heavy atom. The molecule has 8 heteroatoms. The first-order chi connectivity index (χ1) is 13.1. The minimum absolute atomic E-state index is 0.0709. The molecule has 0 unspecified atom stereocenters. The Kier molecular flexibility index (Phi) is 4.47. The molecular weight excluding hydrogens is 351 g/mol. The third-order valence-corrected chi connectivity index (χ3v) is 4.20. The van der Waals surface area contributed by atoms with E-state index in [0.717, 1.165) is 11.3 Å². The number of fused-ring (bicyclic) bond motifs is 1. The Morgan fingerprint density at radius 3 is 2.74 bits per heavy atom. The topological polar surface area (TPSA) is 101 Å². The van der Waals surface area contributed by atoms with E-state index in [4.69, 9.17) is 4.52 Å². The van der Waals surface area contributed by atoms with E-state index in [2.05, 4.69) is 20.4 Å². The van der Waals surface area contributed by atoms with E-state index in [1.807, 2.05) is 24.3 Å². The first kappa shape index (κ1) is 17.0. The van der Waals surface area contributed by atoms with Crippen LogP contribution < -0.4 is 5.32 Å². The molecule has 2 aromatic carbocycles. The van der Waals surface area contributed by atoms with E-state index >= 15 is 0 Å². The van der Waals surface area contributed by atoms with E-state index in [0.29, 0.717) is 18.0 Å². The van der Waals surface area contributed by atoms with Crippen molar-refractivity contribution in [3.8, 4) is 0 Å². The van der Waals surface area contributed by atoms with E-state index in [9.17, 15) is 14.3 Å². The summed E-state index contributed by atoms with van der Waals surface area (Å²) in [6, 6.07) is 11.9. The van der Waals surface area contributed by atoms with Crippen molar-refractivity contribution in [2.24, 2.45) is 4.99 Å². The van der Waals surface area contributed by atoms with Gasteiger partial charge in [-0.1, -0.05) is 23.4 Å². The summed E-state index contributed by atoms with van der Waals surface area (Å²) < 4.78 is 18.2. The van der Waals surface area contributed by atoms with Gasteiger partial charge in [-0.05, 0) is 35.9 Å². The zero-order valence-electron chi connectivity index (χ0n) is 14.1. The maximum Gasteiger partial charge on any atom is 0.251 e.